The molecule has 31 heavy (non-hydrogen) atoms. The summed E-state index contributed by atoms with van der Waals surface area (Å²) in [4.78, 5) is 13.0. The summed E-state index contributed by atoms with van der Waals surface area (Å²) in [7, 11) is -2.06. The van der Waals surface area contributed by atoms with Crippen molar-refractivity contribution in [2.24, 2.45) is 0 Å². The van der Waals surface area contributed by atoms with Crippen molar-refractivity contribution in [3.63, 3.8) is 0 Å². The maximum absolute atomic E-state index is 13.0. The summed E-state index contributed by atoms with van der Waals surface area (Å²) < 4.78 is 37.4. The Morgan fingerprint density at radius 3 is 2.42 bits per heavy atom. The number of nitrogens with one attached hydrogen (secondary N) is 1. The lowest BCUT2D eigenvalue weighted by Gasteiger charge is -2.38. The Balaban J connectivity index is 1.86. The molecule has 1 atom stereocenters. The number of ether oxygens (including phenoxy) is 2. The fraction of sp³-hybridized carbons (Fsp3) is 0.435. The third kappa shape index (κ3) is 5.50. The highest BCUT2D eigenvalue weighted by Crippen LogP contribution is 2.41. The van der Waals surface area contributed by atoms with Crippen LogP contribution in [0.3, 0.4) is 0 Å². The molecule has 0 saturated heterocycles. The number of nitrogens with zero attached hydrogens (tertiary/aromatic N) is 1. The van der Waals surface area contributed by atoms with Crippen molar-refractivity contribution in [2.75, 3.05) is 24.2 Å². The number of fused-ring (bicyclic) bond motifs is 1. The summed E-state index contributed by atoms with van der Waals surface area (Å²) in [5.74, 6) is 0.934. The molecule has 0 aliphatic carbocycles. The summed E-state index contributed by atoms with van der Waals surface area (Å²) in [5, 5.41) is 3.00. The van der Waals surface area contributed by atoms with Gasteiger partial charge in [-0.15, -0.1) is 0 Å². The molecule has 0 aromatic heterocycles. The van der Waals surface area contributed by atoms with Gasteiger partial charge in [-0.25, -0.2) is 8.42 Å². The number of methoxy groups -OCH3 is 1. The zero-order valence-corrected chi connectivity index (χ0v) is 19.7. The van der Waals surface area contributed by atoms with E-state index in [1.165, 1.54) is 0 Å². The first-order valence-corrected chi connectivity index (χ1v) is 11.9. The number of hydrogen-bond donors (Lipinski definition) is 1. The lowest BCUT2D eigenvalue weighted by atomic mass is 9.89. The van der Waals surface area contributed by atoms with Gasteiger partial charge >= 0.3 is 0 Å². The topological polar surface area (TPSA) is 84.9 Å². The lowest BCUT2D eigenvalue weighted by Crippen LogP contribution is -2.45. The number of carbonyl (C=O) groups is 1. The molecular formula is C23H30N2O5S. The molecule has 7 nitrogen and oxygen atoms in total. The van der Waals surface area contributed by atoms with Crippen LogP contribution in [0.1, 0.15) is 43.0 Å². The SMILES string of the molecule is COc1ccc2c(c1)OC(C)(C)C[C@H]2NC(=O)CN(c1cc(C)cc(C)c1)S(C)(=O)=O. The zero-order chi connectivity index (χ0) is 23.0. The highest BCUT2D eigenvalue weighted by molar-refractivity contribution is 7.92. The van der Waals surface area contributed by atoms with Crippen molar-refractivity contribution in [3.8, 4) is 11.5 Å². The van der Waals surface area contributed by atoms with E-state index in [4.69, 9.17) is 9.47 Å². The van der Waals surface area contributed by atoms with Crippen LogP contribution in [-0.2, 0) is 14.8 Å². The van der Waals surface area contributed by atoms with Crippen LogP contribution in [0.5, 0.6) is 11.5 Å². The van der Waals surface area contributed by atoms with E-state index in [0.29, 0.717) is 23.6 Å². The molecule has 1 aliphatic rings. The van der Waals surface area contributed by atoms with Gasteiger partial charge in [0, 0.05) is 18.1 Å². The number of carbonyl (C=O) groups excluding carboxylic acids is 1. The molecular weight excluding hydrogens is 416 g/mol. The normalized spacial score (nSPS) is 17.3. The van der Waals surface area contributed by atoms with Crippen molar-refractivity contribution in [1.82, 2.24) is 5.32 Å². The van der Waals surface area contributed by atoms with Crippen LogP contribution >= 0.6 is 0 Å². The van der Waals surface area contributed by atoms with Crippen LogP contribution in [0.4, 0.5) is 5.69 Å². The van der Waals surface area contributed by atoms with Gasteiger partial charge in [0.15, 0.2) is 0 Å². The number of amides is 1. The average Bonchev–Trinajstić information content (AvgIpc) is 2.62. The van der Waals surface area contributed by atoms with Gasteiger partial charge in [-0.3, -0.25) is 9.10 Å². The number of sulfonamides is 1. The average molecular weight is 447 g/mol. The van der Waals surface area contributed by atoms with Crippen LogP contribution in [0.25, 0.3) is 0 Å². The molecule has 0 spiro atoms. The maximum atomic E-state index is 13.0. The van der Waals surface area contributed by atoms with Gasteiger partial charge in [-0.05, 0) is 63.1 Å². The Hall–Kier alpha value is -2.74. The maximum Gasteiger partial charge on any atom is 0.241 e. The first kappa shape index (κ1) is 22.9. The second-order valence-corrected chi connectivity index (χ2v) is 10.6. The molecule has 1 N–H and O–H groups in total. The van der Waals surface area contributed by atoms with Crippen molar-refractivity contribution >= 4 is 21.6 Å². The van der Waals surface area contributed by atoms with Gasteiger partial charge in [0.1, 0.15) is 23.6 Å². The van der Waals surface area contributed by atoms with Gasteiger partial charge in [0.25, 0.3) is 0 Å². The lowest BCUT2D eigenvalue weighted by molar-refractivity contribution is -0.120. The van der Waals surface area contributed by atoms with Gasteiger partial charge in [-0.2, -0.15) is 0 Å². The third-order valence-electron chi connectivity index (χ3n) is 5.20. The Kier molecular flexibility index (Phi) is 6.23. The number of hydrogen-bond acceptors (Lipinski definition) is 5. The van der Waals surface area contributed by atoms with Crippen molar-refractivity contribution in [1.29, 1.82) is 0 Å². The zero-order valence-electron chi connectivity index (χ0n) is 18.9. The predicted molar refractivity (Wildman–Crippen MR) is 121 cm³/mol. The largest absolute Gasteiger partial charge is 0.497 e. The molecule has 168 valence electrons. The molecule has 1 heterocycles. The summed E-state index contributed by atoms with van der Waals surface area (Å²) in [6.45, 7) is 7.39. The fourth-order valence-corrected chi connectivity index (χ4v) is 4.79. The molecule has 0 radical (unpaired) electrons. The van der Waals surface area contributed by atoms with Crippen molar-refractivity contribution in [3.05, 3.63) is 53.1 Å². The van der Waals surface area contributed by atoms with Crippen LogP contribution in [0.2, 0.25) is 0 Å². The van der Waals surface area contributed by atoms with Crippen LogP contribution in [0, 0.1) is 13.8 Å². The highest BCUT2D eigenvalue weighted by Gasteiger charge is 2.35. The third-order valence-corrected chi connectivity index (χ3v) is 6.34. The van der Waals surface area contributed by atoms with E-state index in [9.17, 15) is 13.2 Å². The van der Waals surface area contributed by atoms with E-state index in [2.05, 4.69) is 5.32 Å². The summed E-state index contributed by atoms with van der Waals surface area (Å²) >= 11 is 0. The van der Waals surface area contributed by atoms with E-state index in [1.54, 1.807) is 25.3 Å². The first-order valence-electron chi connectivity index (χ1n) is 10.1. The molecule has 1 amide bonds. The Bertz CT molecular complexity index is 1070. The van der Waals surface area contributed by atoms with E-state index >= 15 is 0 Å². The quantitative estimate of drug-likeness (QED) is 0.734. The van der Waals surface area contributed by atoms with E-state index < -0.39 is 15.6 Å². The standard InChI is InChI=1S/C23H30N2O5S/c1-15-9-16(2)11-17(10-15)25(31(6,27)28)14-22(26)24-20-13-23(3,4)30-21-12-18(29-5)7-8-19(20)21/h7-12,20H,13-14H2,1-6H3,(H,24,26)/t20-/m1/s1. The Morgan fingerprint density at radius 1 is 1.19 bits per heavy atom. The van der Waals surface area contributed by atoms with Gasteiger partial charge in [0.05, 0.1) is 25.1 Å². The molecule has 1 aliphatic heterocycles. The summed E-state index contributed by atoms with van der Waals surface area (Å²) in [6.07, 6.45) is 1.66. The molecule has 0 bridgehead atoms. The predicted octanol–water partition coefficient (Wildman–Crippen LogP) is 3.50. The molecule has 0 fully saturated rings. The van der Waals surface area contributed by atoms with E-state index in [1.807, 2.05) is 45.9 Å². The highest BCUT2D eigenvalue weighted by atomic mass is 32.2. The fourth-order valence-electron chi connectivity index (χ4n) is 3.95. The molecule has 3 rings (SSSR count). The van der Waals surface area contributed by atoms with E-state index in [0.717, 1.165) is 27.3 Å². The smallest absolute Gasteiger partial charge is 0.241 e. The molecule has 0 saturated carbocycles. The molecule has 2 aromatic rings. The second kappa shape index (κ2) is 8.42. The Morgan fingerprint density at radius 2 is 1.84 bits per heavy atom. The number of benzene rings is 2. The molecule has 2 aromatic carbocycles. The number of rotatable bonds is 6. The van der Waals surface area contributed by atoms with Crippen molar-refractivity contribution < 1.29 is 22.7 Å². The first-order chi connectivity index (χ1) is 14.4. The van der Waals surface area contributed by atoms with Gasteiger partial charge in [-0.1, -0.05) is 6.07 Å². The minimum absolute atomic E-state index is 0.301. The van der Waals surface area contributed by atoms with Gasteiger partial charge < -0.3 is 14.8 Å². The van der Waals surface area contributed by atoms with Crippen LogP contribution in [-0.4, -0.2) is 39.8 Å². The number of aryl methyl sites for hydroxylation is 2. The number of anilines is 1. The Labute approximate surface area is 184 Å². The summed E-state index contributed by atoms with van der Waals surface area (Å²) in [6, 6.07) is 10.7. The molecule has 8 heteroatoms. The van der Waals surface area contributed by atoms with Crippen LogP contribution < -0.4 is 19.1 Å². The minimum Gasteiger partial charge on any atom is -0.497 e. The second-order valence-electron chi connectivity index (χ2n) is 8.71. The van der Waals surface area contributed by atoms with Crippen LogP contribution in [0.15, 0.2) is 36.4 Å². The van der Waals surface area contributed by atoms with Crippen molar-refractivity contribution in [2.45, 2.75) is 45.8 Å². The molecule has 0 unspecified atom stereocenters. The monoisotopic (exact) mass is 446 g/mol. The summed E-state index contributed by atoms with van der Waals surface area (Å²) in [5.41, 5.74) is 2.68. The van der Waals surface area contributed by atoms with Gasteiger partial charge in [0.2, 0.25) is 15.9 Å². The minimum atomic E-state index is -3.65. The van der Waals surface area contributed by atoms with E-state index in [-0.39, 0.29) is 18.5 Å².